The van der Waals surface area contributed by atoms with Gasteiger partial charge in [-0.05, 0) is 31.4 Å². The molecule has 3 rings (SSSR count). The van der Waals surface area contributed by atoms with Gasteiger partial charge in [0.1, 0.15) is 5.00 Å². The molecule has 0 radical (unpaired) electrons. The number of esters is 1. The van der Waals surface area contributed by atoms with Crippen molar-refractivity contribution in [1.82, 2.24) is 10.1 Å². The van der Waals surface area contributed by atoms with Crippen LogP contribution >= 0.6 is 11.3 Å². The van der Waals surface area contributed by atoms with Crippen molar-refractivity contribution in [2.75, 3.05) is 5.32 Å². The Balaban J connectivity index is 1.70. The molecular weight excluding hydrogens is 378 g/mol. The van der Waals surface area contributed by atoms with E-state index in [1.807, 2.05) is 38.1 Å². The molecule has 1 aromatic carbocycles. The van der Waals surface area contributed by atoms with Crippen molar-refractivity contribution in [3.63, 3.8) is 0 Å². The number of aromatic nitrogens is 2. The Labute approximate surface area is 166 Å². The molecule has 0 bridgehead atoms. The topological polar surface area (TPSA) is 94.3 Å². The standard InChI is InChI=1S/C20H21N3O4S/c1-5-14-6-8-15(9-7-14)18-22-16(27-23-18)10-26-20(25)17-11(2)12(3)28-19(17)21-13(4)24/h6-9H,5,10H2,1-4H3,(H,21,24). The number of ether oxygens (including phenoxy) is 1. The minimum Gasteiger partial charge on any atom is -0.452 e. The molecule has 0 unspecified atom stereocenters. The number of thiophene rings is 1. The predicted octanol–water partition coefficient (Wildman–Crippen LogP) is 4.29. The van der Waals surface area contributed by atoms with E-state index in [9.17, 15) is 9.59 Å². The molecule has 0 aliphatic rings. The Hall–Kier alpha value is -3.00. The molecule has 28 heavy (non-hydrogen) atoms. The van der Waals surface area contributed by atoms with Crippen molar-refractivity contribution in [3.8, 4) is 11.4 Å². The van der Waals surface area contributed by atoms with Gasteiger partial charge in [0.05, 0.1) is 5.56 Å². The summed E-state index contributed by atoms with van der Waals surface area (Å²) in [5.74, 6) is -0.146. The minimum atomic E-state index is -0.544. The van der Waals surface area contributed by atoms with E-state index in [1.165, 1.54) is 23.8 Å². The number of hydrogen-bond donors (Lipinski definition) is 1. The smallest absolute Gasteiger partial charge is 0.341 e. The Morgan fingerprint density at radius 1 is 1.21 bits per heavy atom. The number of nitrogens with zero attached hydrogens (tertiary/aromatic N) is 2. The fourth-order valence-corrected chi connectivity index (χ4v) is 3.73. The molecule has 0 spiro atoms. The van der Waals surface area contributed by atoms with E-state index in [4.69, 9.17) is 9.26 Å². The number of benzene rings is 1. The summed E-state index contributed by atoms with van der Waals surface area (Å²) in [4.78, 5) is 29.1. The molecule has 8 heteroatoms. The molecule has 146 valence electrons. The fourth-order valence-electron chi connectivity index (χ4n) is 2.64. The highest BCUT2D eigenvalue weighted by Crippen LogP contribution is 2.33. The Morgan fingerprint density at radius 2 is 1.93 bits per heavy atom. The van der Waals surface area contributed by atoms with Crippen molar-refractivity contribution in [2.45, 2.75) is 40.7 Å². The van der Waals surface area contributed by atoms with Crippen LogP contribution in [0.4, 0.5) is 5.00 Å². The molecule has 0 saturated heterocycles. The number of carbonyl (C=O) groups is 2. The van der Waals surface area contributed by atoms with E-state index in [0.717, 1.165) is 22.4 Å². The van der Waals surface area contributed by atoms with Crippen LogP contribution < -0.4 is 5.32 Å². The maximum absolute atomic E-state index is 12.5. The lowest BCUT2D eigenvalue weighted by molar-refractivity contribution is -0.114. The van der Waals surface area contributed by atoms with Gasteiger partial charge in [0, 0.05) is 17.4 Å². The number of carbonyl (C=O) groups excluding carboxylic acids is 2. The highest BCUT2D eigenvalue weighted by molar-refractivity contribution is 7.16. The van der Waals surface area contributed by atoms with E-state index >= 15 is 0 Å². The average Bonchev–Trinajstić information content (AvgIpc) is 3.24. The zero-order valence-corrected chi connectivity index (χ0v) is 17.0. The van der Waals surface area contributed by atoms with Crippen LogP contribution in [0, 0.1) is 13.8 Å². The van der Waals surface area contributed by atoms with Crippen LogP contribution in [-0.2, 0) is 22.6 Å². The number of anilines is 1. The summed E-state index contributed by atoms with van der Waals surface area (Å²) in [5, 5.41) is 7.10. The molecule has 2 aromatic heterocycles. The van der Waals surface area contributed by atoms with Gasteiger partial charge in [0.15, 0.2) is 6.61 Å². The summed E-state index contributed by atoms with van der Waals surface area (Å²) in [5.41, 5.74) is 3.18. The molecular formula is C20H21N3O4S. The number of amides is 1. The number of aryl methyl sites for hydroxylation is 2. The van der Waals surface area contributed by atoms with Crippen molar-refractivity contribution < 1.29 is 18.8 Å². The van der Waals surface area contributed by atoms with Crippen molar-refractivity contribution in [1.29, 1.82) is 0 Å². The lowest BCUT2D eigenvalue weighted by Gasteiger charge is -2.05. The van der Waals surface area contributed by atoms with Gasteiger partial charge in [0.25, 0.3) is 5.89 Å². The number of rotatable bonds is 6. The second kappa shape index (κ2) is 8.35. The van der Waals surface area contributed by atoms with Crippen LogP contribution in [0.15, 0.2) is 28.8 Å². The summed E-state index contributed by atoms with van der Waals surface area (Å²) < 4.78 is 10.5. The molecule has 0 saturated carbocycles. The van der Waals surface area contributed by atoms with Gasteiger partial charge >= 0.3 is 5.97 Å². The first-order chi connectivity index (χ1) is 13.4. The fraction of sp³-hybridized carbons (Fsp3) is 0.300. The normalized spacial score (nSPS) is 10.7. The van der Waals surface area contributed by atoms with E-state index in [0.29, 0.717) is 16.4 Å². The highest BCUT2D eigenvalue weighted by Gasteiger charge is 2.22. The first-order valence-electron chi connectivity index (χ1n) is 8.85. The van der Waals surface area contributed by atoms with Gasteiger partial charge in [-0.15, -0.1) is 11.3 Å². The maximum atomic E-state index is 12.5. The van der Waals surface area contributed by atoms with Crippen LogP contribution in [0.5, 0.6) is 0 Å². The third-order valence-electron chi connectivity index (χ3n) is 4.29. The lowest BCUT2D eigenvalue weighted by Crippen LogP contribution is -2.12. The molecule has 1 N–H and O–H groups in total. The first-order valence-corrected chi connectivity index (χ1v) is 9.67. The highest BCUT2D eigenvalue weighted by atomic mass is 32.1. The number of hydrogen-bond acceptors (Lipinski definition) is 7. The van der Waals surface area contributed by atoms with Gasteiger partial charge in [0.2, 0.25) is 11.7 Å². The SMILES string of the molecule is CCc1ccc(-c2noc(COC(=O)c3c(NC(C)=O)sc(C)c3C)n2)cc1. The van der Waals surface area contributed by atoms with Crippen molar-refractivity contribution in [3.05, 3.63) is 51.7 Å². The molecule has 0 aliphatic carbocycles. The van der Waals surface area contributed by atoms with Gasteiger partial charge in [-0.3, -0.25) is 4.79 Å². The molecule has 1 amide bonds. The second-order valence-electron chi connectivity index (χ2n) is 6.31. The Kier molecular flexibility index (Phi) is 5.89. The third kappa shape index (κ3) is 4.28. The minimum absolute atomic E-state index is 0.146. The third-order valence-corrected chi connectivity index (χ3v) is 5.42. The van der Waals surface area contributed by atoms with Crippen LogP contribution in [-0.4, -0.2) is 22.0 Å². The zero-order chi connectivity index (χ0) is 20.3. The van der Waals surface area contributed by atoms with Crippen LogP contribution in [0.25, 0.3) is 11.4 Å². The van der Waals surface area contributed by atoms with Gasteiger partial charge < -0.3 is 14.6 Å². The second-order valence-corrected chi connectivity index (χ2v) is 7.53. The van der Waals surface area contributed by atoms with E-state index in [-0.39, 0.29) is 18.4 Å². The van der Waals surface area contributed by atoms with E-state index < -0.39 is 5.97 Å². The van der Waals surface area contributed by atoms with Crippen molar-refractivity contribution in [2.24, 2.45) is 0 Å². The maximum Gasteiger partial charge on any atom is 0.341 e. The van der Waals surface area contributed by atoms with Crippen LogP contribution in [0.3, 0.4) is 0 Å². The summed E-state index contributed by atoms with van der Waals surface area (Å²) in [6.45, 7) is 7.04. The molecule has 7 nitrogen and oxygen atoms in total. The molecule has 3 aromatic rings. The molecule has 0 atom stereocenters. The van der Waals surface area contributed by atoms with Crippen LogP contribution in [0.1, 0.15) is 46.1 Å². The van der Waals surface area contributed by atoms with E-state index in [1.54, 1.807) is 0 Å². The quantitative estimate of drug-likeness (QED) is 0.621. The van der Waals surface area contributed by atoms with Crippen LogP contribution in [0.2, 0.25) is 0 Å². The lowest BCUT2D eigenvalue weighted by atomic mass is 10.1. The summed E-state index contributed by atoms with van der Waals surface area (Å²) >= 11 is 1.34. The number of nitrogens with one attached hydrogen (secondary N) is 1. The zero-order valence-electron chi connectivity index (χ0n) is 16.2. The van der Waals surface area contributed by atoms with Gasteiger partial charge in [-0.2, -0.15) is 4.98 Å². The largest absolute Gasteiger partial charge is 0.452 e. The predicted molar refractivity (Wildman–Crippen MR) is 106 cm³/mol. The molecule has 0 aliphatic heterocycles. The average molecular weight is 399 g/mol. The Morgan fingerprint density at radius 3 is 2.57 bits per heavy atom. The Bertz CT molecular complexity index is 1010. The summed E-state index contributed by atoms with van der Waals surface area (Å²) in [7, 11) is 0. The van der Waals surface area contributed by atoms with Gasteiger partial charge in [-0.1, -0.05) is 36.3 Å². The monoisotopic (exact) mass is 399 g/mol. The van der Waals surface area contributed by atoms with Crippen molar-refractivity contribution >= 4 is 28.2 Å². The first kappa shape index (κ1) is 19.8. The summed E-state index contributed by atoms with van der Waals surface area (Å²) in [6, 6.07) is 7.88. The molecule has 2 heterocycles. The van der Waals surface area contributed by atoms with Gasteiger partial charge in [-0.25, -0.2) is 4.79 Å². The van der Waals surface area contributed by atoms with E-state index in [2.05, 4.69) is 22.4 Å². The summed E-state index contributed by atoms with van der Waals surface area (Å²) in [6.07, 6.45) is 0.954. The molecule has 0 fully saturated rings.